The molecule has 0 saturated heterocycles. The van der Waals surface area contributed by atoms with Gasteiger partial charge in [-0.3, -0.25) is 4.79 Å². The molecule has 0 amide bonds. The van der Waals surface area contributed by atoms with Crippen LogP contribution in [0, 0.1) is 11.8 Å². The van der Waals surface area contributed by atoms with E-state index in [0.717, 1.165) is 0 Å². The molecular weight excluding hydrogens is 160 g/mol. The van der Waals surface area contributed by atoms with Gasteiger partial charge in [0.15, 0.2) is 0 Å². The van der Waals surface area contributed by atoms with E-state index in [1.165, 1.54) is 7.11 Å². The van der Waals surface area contributed by atoms with Crippen LogP contribution in [0.3, 0.4) is 0 Å². The monoisotopic (exact) mass is 173 g/mol. The molecule has 0 aromatic heterocycles. The van der Waals surface area contributed by atoms with Crippen LogP contribution in [-0.2, 0) is 14.3 Å². The average molecular weight is 173 g/mol. The van der Waals surface area contributed by atoms with E-state index in [2.05, 4.69) is 4.74 Å². The molecule has 0 N–H and O–H groups in total. The van der Waals surface area contributed by atoms with E-state index in [0.29, 0.717) is 0 Å². The molecule has 0 saturated carbocycles. The Bertz CT molecular complexity index is 174. The van der Waals surface area contributed by atoms with Crippen molar-refractivity contribution < 1.29 is 19.4 Å². The van der Waals surface area contributed by atoms with Crippen LogP contribution in [0.2, 0.25) is 0 Å². The summed E-state index contributed by atoms with van der Waals surface area (Å²) in [5, 5.41) is 10.2. The number of carboxylic acid groups (broad SMARTS) is 1. The number of carbonyl (C=O) groups is 2. The molecule has 0 unspecified atom stereocenters. The molecule has 0 radical (unpaired) electrons. The van der Waals surface area contributed by atoms with Gasteiger partial charge in [0.05, 0.1) is 13.0 Å². The van der Waals surface area contributed by atoms with Gasteiger partial charge in [-0.2, -0.15) is 0 Å². The van der Waals surface area contributed by atoms with Crippen molar-refractivity contribution in [1.29, 1.82) is 0 Å². The summed E-state index contributed by atoms with van der Waals surface area (Å²) in [5.74, 6) is -2.36. The minimum Gasteiger partial charge on any atom is -0.550 e. The van der Waals surface area contributed by atoms with Crippen LogP contribution in [0.1, 0.15) is 20.3 Å². The molecule has 0 aromatic carbocycles. The zero-order valence-corrected chi connectivity index (χ0v) is 7.49. The standard InChI is InChI=1S/C8H14O4/c1-5(2)6(4-7(9)10)8(11)12-3/h5-6H,4H2,1-3H3,(H,9,10)/p-1/t6-/m0/s1. The lowest BCUT2D eigenvalue weighted by atomic mass is 9.93. The first-order valence-electron chi connectivity index (χ1n) is 3.76. The lowest BCUT2D eigenvalue weighted by Gasteiger charge is -2.18. The minimum absolute atomic E-state index is 0.0460. The fraction of sp³-hybridized carbons (Fsp3) is 0.750. The Morgan fingerprint density at radius 2 is 1.92 bits per heavy atom. The molecule has 0 rings (SSSR count). The zero-order valence-electron chi connectivity index (χ0n) is 7.49. The predicted molar refractivity (Wildman–Crippen MR) is 40.0 cm³/mol. The van der Waals surface area contributed by atoms with Gasteiger partial charge in [0.2, 0.25) is 0 Å². The van der Waals surface area contributed by atoms with Gasteiger partial charge in [0.25, 0.3) is 0 Å². The first kappa shape index (κ1) is 10.9. The summed E-state index contributed by atoms with van der Waals surface area (Å²) >= 11 is 0. The number of hydrogen-bond acceptors (Lipinski definition) is 4. The summed E-state index contributed by atoms with van der Waals surface area (Å²) in [5.41, 5.74) is 0. The average Bonchev–Trinajstić information content (AvgIpc) is 1.98. The van der Waals surface area contributed by atoms with Crippen molar-refractivity contribution >= 4 is 11.9 Å². The summed E-state index contributed by atoms with van der Waals surface area (Å²) in [6.45, 7) is 3.54. The van der Waals surface area contributed by atoms with E-state index >= 15 is 0 Å². The largest absolute Gasteiger partial charge is 0.550 e. The van der Waals surface area contributed by atoms with E-state index in [4.69, 9.17) is 0 Å². The van der Waals surface area contributed by atoms with Crippen LogP contribution in [-0.4, -0.2) is 19.0 Å². The van der Waals surface area contributed by atoms with Gasteiger partial charge in [-0.1, -0.05) is 13.8 Å². The van der Waals surface area contributed by atoms with Gasteiger partial charge in [-0.05, 0) is 5.92 Å². The molecule has 0 bridgehead atoms. The fourth-order valence-corrected chi connectivity index (χ4v) is 0.922. The third-order valence-electron chi connectivity index (χ3n) is 1.70. The molecule has 0 aliphatic rings. The molecule has 0 aromatic rings. The summed E-state index contributed by atoms with van der Waals surface area (Å²) in [6.07, 6.45) is -0.273. The van der Waals surface area contributed by atoms with Gasteiger partial charge in [-0.15, -0.1) is 0 Å². The Morgan fingerprint density at radius 1 is 1.42 bits per heavy atom. The molecule has 0 spiro atoms. The Balaban J connectivity index is 4.23. The number of carboxylic acids is 1. The third kappa shape index (κ3) is 3.37. The van der Waals surface area contributed by atoms with Crippen molar-refractivity contribution in [2.75, 3.05) is 7.11 Å². The zero-order chi connectivity index (χ0) is 9.72. The van der Waals surface area contributed by atoms with E-state index in [1.807, 2.05) is 0 Å². The number of ether oxygens (including phenoxy) is 1. The topological polar surface area (TPSA) is 66.4 Å². The molecule has 70 valence electrons. The van der Waals surface area contributed by atoms with Crippen molar-refractivity contribution in [2.24, 2.45) is 11.8 Å². The van der Waals surface area contributed by atoms with Gasteiger partial charge in [0.1, 0.15) is 0 Å². The molecule has 0 fully saturated rings. The second-order valence-corrected chi connectivity index (χ2v) is 2.95. The van der Waals surface area contributed by atoms with Crippen LogP contribution >= 0.6 is 0 Å². The number of carbonyl (C=O) groups excluding carboxylic acids is 2. The normalized spacial score (nSPS) is 12.7. The molecule has 12 heavy (non-hydrogen) atoms. The molecule has 0 aliphatic carbocycles. The van der Waals surface area contributed by atoms with Crippen LogP contribution in [0.25, 0.3) is 0 Å². The second kappa shape index (κ2) is 4.74. The number of esters is 1. The summed E-state index contributed by atoms with van der Waals surface area (Å²) in [7, 11) is 1.24. The van der Waals surface area contributed by atoms with Gasteiger partial charge in [-0.25, -0.2) is 0 Å². The van der Waals surface area contributed by atoms with Gasteiger partial charge < -0.3 is 14.6 Å². The van der Waals surface area contributed by atoms with Crippen molar-refractivity contribution in [3.63, 3.8) is 0 Å². The predicted octanol–water partition coefficient (Wildman–Crippen LogP) is -0.428. The third-order valence-corrected chi connectivity index (χ3v) is 1.70. The first-order valence-corrected chi connectivity index (χ1v) is 3.76. The number of hydrogen-bond donors (Lipinski definition) is 0. The number of methoxy groups -OCH3 is 1. The van der Waals surface area contributed by atoms with E-state index in [1.54, 1.807) is 13.8 Å². The van der Waals surface area contributed by atoms with E-state index in [-0.39, 0.29) is 12.3 Å². The maximum atomic E-state index is 11.0. The molecule has 4 heteroatoms. The lowest BCUT2D eigenvalue weighted by molar-refractivity contribution is -0.307. The molecule has 0 heterocycles. The van der Waals surface area contributed by atoms with Crippen LogP contribution < -0.4 is 5.11 Å². The van der Waals surface area contributed by atoms with Crippen LogP contribution in [0.4, 0.5) is 0 Å². The quantitative estimate of drug-likeness (QED) is 0.541. The lowest BCUT2D eigenvalue weighted by Crippen LogP contribution is -2.31. The molecular formula is C8H13O4-. The van der Waals surface area contributed by atoms with E-state index in [9.17, 15) is 14.7 Å². The second-order valence-electron chi connectivity index (χ2n) is 2.95. The fourth-order valence-electron chi connectivity index (χ4n) is 0.922. The minimum atomic E-state index is -1.22. The highest BCUT2D eigenvalue weighted by atomic mass is 16.5. The van der Waals surface area contributed by atoms with Crippen LogP contribution in [0.15, 0.2) is 0 Å². The maximum absolute atomic E-state index is 11.0. The van der Waals surface area contributed by atoms with Crippen molar-refractivity contribution in [1.82, 2.24) is 0 Å². The summed E-state index contributed by atoms with van der Waals surface area (Å²) < 4.78 is 4.44. The van der Waals surface area contributed by atoms with Crippen molar-refractivity contribution in [2.45, 2.75) is 20.3 Å². The number of aliphatic carboxylic acids is 1. The van der Waals surface area contributed by atoms with Gasteiger partial charge in [0, 0.05) is 12.4 Å². The highest BCUT2D eigenvalue weighted by Gasteiger charge is 2.22. The molecule has 4 nitrogen and oxygen atoms in total. The summed E-state index contributed by atoms with van der Waals surface area (Å²) in [4.78, 5) is 21.2. The molecule has 1 atom stereocenters. The summed E-state index contributed by atoms with van der Waals surface area (Å²) in [6, 6.07) is 0. The van der Waals surface area contributed by atoms with E-state index < -0.39 is 17.9 Å². The highest BCUT2D eigenvalue weighted by molar-refractivity contribution is 5.78. The Labute approximate surface area is 71.5 Å². The van der Waals surface area contributed by atoms with Crippen molar-refractivity contribution in [3.8, 4) is 0 Å². The van der Waals surface area contributed by atoms with Crippen LogP contribution in [0.5, 0.6) is 0 Å². The Kier molecular flexibility index (Phi) is 4.33. The first-order chi connectivity index (χ1) is 5.49. The molecule has 0 aliphatic heterocycles. The van der Waals surface area contributed by atoms with Crippen molar-refractivity contribution in [3.05, 3.63) is 0 Å². The number of rotatable bonds is 4. The van der Waals surface area contributed by atoms with Gasteiger partial charge >= 0.3 is 5.97 Å². The Hall–Kier alpha value is -1.06. The SMILES string of the molecule is COC(=O)[C@@H](CC(=O)[O-])C(C)C. The Morgan fingerprint density at radius 3 is 2.17 bits per heavy atom. The smallest absolute Gasteiger partial charge is 0.309 e. The highest BCUT2D eigenvalue weighted by Crippen LogP contribution is 2.15. The maximum Gasteiger partial charge on any atom is 0.309 e.